The van der Waals surface area contributed by atoms with Crippen molar-refractivity contribution in [2.75, 3.05) is 0 Å². The molecule has 0 aromatic rings. The van der Waals surface area contributed by atoms with Crippen molar-refractivity contribution in [3.8, 4) is 0 Å². The lowest BCUT2D eigenvalue weighted by Gasteiger charge is -2.00. The normalized spacial score (nSPS) is 23.6. The van der Waals surface area contributed by atoms with Crippen molar-refractivity contribution < 1.29 is 9.53 Å². The van der Waals surface area contributed by atoms with E-state index in [1.807, 2.05) is 0 Å². The average Bonchev–Trinajstić information content (AvgIpc) is 2.22. The van der Waals surface area contributed by atoms with Crippen LogP contribution in [0.15, 0.2) is 0 Å². The first kappa shape index (κ1) is 4.97. The second-order valence-electron chi connectivity index (χ2n) is 1.66. The largest absolute Gasteiger partial charge is 0.450 e. The number of ether oxygens (including phenoxy) is 1. The van der Waals surface area contributed by atoms with E-state index in [2.05, 4.69) is 17.4 Å². The zero-order valence-corrected chi connectivity index (χ0v) is 4.65. The van der Waals surface area contributed by atoms with Gasteiger partial charge in [-0.1, -0.05) is 0 Å². The summed E-state index contributed by atoms with van der Waals surface area (Å²) in [6.07, 6.45) is 1.80. The average molecular weight is 118 g/mol. The topological polar surface area (TPSA) is 26.3 Å². The van der Waals surface area contributed by atoms with Gasteiger partial charge in [0.15, 0.2) is 4.93 Å². The Labute approximate surface area is 47.3 Å². The molecule has 0 atom stereocenters. The van der Waals surface area contributed by atoms with E-state index in [1.165, 1.54) is 0 Å². The Balaban J connectivity index is 2.25. The second kappa shape index (κ2) is 1.40. The van der Waals surface area contributed by atoms with Gasteiger partial charge in [-0.15, -0.1) is 12.6 Å². The number of carbonyl (C=O) groups is 1. The molecule has 1 fully saturated rings. The summed E-state index contributed by atoms with van der Waals surface area (Å²) in [6.45, 7) is 0.444. The van der Waals surface area contributed by atoms with Gasteiger partial charge in [0.2, 0.25) is 0 Å². The number of hydrogen-bond acceptors (Lipinski definition) is 3. The van der Waals surface area contributed by atoms with Gasteiger partial charge >= 0.3 is 0 Å². The van der Waals surface area contributed by atoms with Gasteiger partial charge in [0.05, 0.1) is 0 Å². The molecule has 7 heavy (non-hydrogen) atoms. The van der Waals surface area contributed by atoms with Crippen LogP contribution in [0.3, 0.4) is 0 Å². The van der Waals surface area contributed by atoms with Crippen molar-refractivity contribution in [2.45, 2.75) is 17.8 Å². The summed E-state index contributed by atoms with van der Waals surface area (Å²) >= 11 is 3.99. The summed E-state index contributed by atoms with van der Waals surface area (Å²) in [5.41, 5.74) is 0. The smallest absolute Gasteiger partial charge is 0.294 e. The first-order valence-corrected chi connectivity index (χ1v) is 2.55. The Bertz CT molecular complexity index is 87.7. The van der Waals surface area contributed by atoms with E-state index in [1.54, 1.807) is 0 Å². The monoisotopic (exact) mass is 118 g/mol. The van der Waals surface area contributed by atoms with Gasteiger partial charge in [0.25, 0.3) is 6.47 Å². The molecule has 0 bridgehead atoms. The molecule has 0 radical (unpaired) electrons. The first-order chi connectivity index (χ1) is 3.27. The van der Waals surface area contributed by atoms with Gasteiger partial charge in [-0.2, -0.15) is 0 Å². The molecule has 0 heterocycles. The summed E-state index contributed by atoms with van der Waals surface area (Å²) in [7, 11) is 0. The van der Waals surface area contributed by atoms with E-state index in [0.29, 0.717) is 6.47 Å². The van der Waals surface area contributed by atoms with Gasteiger partial charge in [0.1, 0.15) is 0 Å². The molecule has 0 amide bonds. The van der Waals surface area contributed by atoms with Crippen LogP contribution < -0.4 is 0 Å². The zero-order valence-electron chi connectivity index (χ0n) is 3.76. The highest BCUT2D eigenvalue weighted by Gasteiger charge is 2.41. The summed E-state index contributed by atoms with van der Waals surface area (Å²) in [5.74, 6) is 0. The van der Waals surface area contributed by atoms with Crippen molar-refractivity contribution in [1.82, 2.24) is 0 Å². The van der Waals surface area contributed by atoms with Crippen LogP contribution >= 0.6 is 12.6 Å². The Morgan fingerprint density at radius 2 is 2.29 bits per heavy atom. The molecule has 2 nitrogen and oxygen atoms in total. The highest BCUT2D eigenvalue weighted by atomic mass is 32.1. The van der Waals surface area contributed by atoms with E-state index in [9.17, 15) is 4.79 Å². The molecule has 0 N–H and O–H groups in total. The van der Waals surface area contributed by atoms with Crippen LogP contribution in [0.2, 0.25) is 0 Å². The summed E-state index contributed by atoms with van der Waals surface area (Å²) in [5, 5.41) is 0. The molecule has 0 spiro atoms. The van der Waals surface area contributed by atoms with Crippen LogP contribution in [0.4, 0.5) is 0 Å². The minimum atomic E-state index is -0.373. The molecule has 1 rings (SSSR count). The predicted molar refractivity (Wildman–Crippen MR) is 28.1 cm³/mol. The second-order valence-corrected chi connectivity index (χ2v) is 2.48. The maximum Gasteiger partial charge on any atom is 0.294 e. The van der Waals surface area contributed by atoms with Crippen LogP contribution in [0, 0.1) is 0 Å². The standard InChI is InChI=1S/C4H6O2S/c5-3-6-4(7)1-2-4/h3,7H,1-2H2. The highest BCUT2D eigenvalue weighted by molar-refractivity contribution is 7.82. The van der Waals surface area contributed by atoms with Crippen LogP contribution in [-0.2, 0) is 9.53 Å². The number of thiol groups is 1. The van der Waals surface area contributed by atoms with E-state index < -0.39 is 0 Å². The van der Waals surface area contributed by atoms with Crippen LogP contribution in [0.1, 0.15) is 12.8 Å². The van der Waals surface area contributed by atoms with E-state index in [4.69, 9.17) is 0 Å². The Kier molecular flexibility index (Phi) is 0.995. The number of rotatable bonds is 2. The lowest BCUT2D eigenvalue weighted by Crippen LogP contribution is -2.01. The fourth-order valence-electron chi connectivity index (χ4n) is 0.314. The molecule has 1 aliphatic rings. The van der Waals surface area contributed by atoms with Crippen molar-refractivity contribution in [3.05, 3.63) is 0 Å². The van der Waals surface area contributed by atoms with Crippen LogP contribution in [0.5, 0.6) is 0 Å². The third-order valence-electron chi connectivity index (χ3n) is 0.945. The Hall–Kier alpha value is -0.180. The molecular formula is C4H6O2S. The minimum absolute atomic E-state index is 0.373. The van der Waals surface area contributed by atoms with E-state index >= 15 is 0 Å². The van der Waals surface area contributed by atoms with Crippen LogP contribution in [-0.4, -0.2) is 11.4 Å². The molecule has 0 unspecified atom stereocenters. The van der Waals surface area contributed by atoms with E-state index in [-0.39, 0.29) is 4.93 Å². The number of hydrogen-bond donors (Lipinski definition) is 1. The Morgan fingerprint density at radius 3 is 2.43 bits per heavy atom. The molecular weight excluding hydrogens is 112 g/mol. The van der Waals surface area contributed by atoms with Gasteiger partial charge in [-0.3, -0.25) is 4.79 Å². The summed E-state index contributed by atoms with van der Waals surface area (Å²) < 4.78 is 4.52. The van der Waals surface area contributed by atoms with Crippen molar-refractivity contribution in [1.29, 1.82) is 0 Å². The predicted octanol–water partition coefficient (Wildman–Crippen LogP) is 0.579. The highest BCUT2D eigenvalue weighted by Crippen LogP contribution is 2.42. The lowest BCUT2D eigenvalue weighted by molar-refractivity contribution is -0.131. The Morgan fingerprint density at radius 1 is 1.71 bits per heavy atom. The third kappa shape index (κ3) is 1.09. The molecule has 3 heteroatoms. The SMILES string of the molecule is O=COC1(S)CC1. The molecule has 0 aromatic carbocycles. The third-order valence-corrected chi connectivity index (χ3v) is 1.50. The van der Waals surface area contributed by atoms with Crippen LogP contribution in [0.25, 0.3) is 0 Å². The fraction of sp³-hybridized carbons (Fsp3) is 0.750. The molecule has 1 aliphatic carbocycles. The summed E-state index contributed by atoms with van der Waals surface area (Å²) in [6, 6.07) is 0. The molecule has 0 aromatic heterocycles. The van der Waals surface area contributed by atoms with Gasteiger partial charge in [0, 0.05) is 12.8 Å². The number of carbonyl (C=O) groups excluding carboxylic acids is 1. The van der Waals surface area contributed by atoms with Gasteiger partial charge in [-0.05, 0) is 0 Å². The first-order valence-electron chi connectivity index (χ1n) is 2.11. The van der Waals surface area contributed by atoms with Gasteiger partial charge in [-0.25, -0.2) is 0 Å². The minimum Gasteiger partial charge on any atom is -0.450 e. The molecule has 0 saturated heterocycles. The van der Waals surface area contributed by atoms with Crippen molar-refractivity contribution in [2.24, 2.45) is 0 Å². The maximum absolute atomic E-state index is 9.59. The maximum atomic E-state index is 9.59. The van der Waals surface area contributed by atoms with Crippen molar-refractivity contribution >= 4 is 19.1 Å². The quantitative estimate of drug-likeness (QED) is 0.326. The zero-order chi connectivity index (χ0) is 5.33. The summed E-state index contributed by atoms with van der Waals surface area (Å²) in [4.78, 5) is 9.22. The fourth-order valence-corrected chi connectivity index (χ4v) is 0.469. The lowest BCUT2D eigenvalue weighted by atomic mass is 10.8. The molecule has 1 saturated carbocycles. The van der Waals surface area contributed by atoms with E-state index in [0.717, 1.165) is 12.8 Å². The van der Waals surface area contributed by atoms with Gasteiger partial charge < -0.3 is 4.74 Å². The van der Waals surface area contributed by atoms with Crippen molar-refractivity contribution in [3.63, 3.8) is 0 Å². The molecule has 0 aliphatic heterocycles. The molecule has 40 valence electrons.